The van der Waals surface area contributed by atoms with Crippen molar-refractivity contribution in [2.45, 2.75) is 12.6 Å². The van der Waals surface area contributed by atoms with Gasteiger partial charge in [-0.25, -0.2) is 0 Å². The fraction of sp³-hybridized carbons (Fsp3) is 0.190. The number of hydrogen-bond acceptors (Lipinski definition) is 5. The third-order valence-corrected chi connectivity index (χ3v) is 4.80. The summed E-state index contributed by atoms with van der Waals surface area (Å²) in [6.45, 7) is 1.47. The van der Waals surface area contributed by atoms with Crippen molar-refractivity contribution in [3.8, 4) is 17.2 Å². The highest BCUT2D eigenvalue weighted by molar-refractivity contribution is 6.31. The molecule has 27 heavy (non-hydrogen) atoms. The second-order valence-electron chi connectivity index (χ2n) is 6.21. The van der Waals surface area contributed by atoms with Crippen molar-refractivity contribution in [1.82, 2.24) is 10.3 Å². The normalized spacial score (nSPS) is 14.0. The summed E-state index contributed by atoms with van der Waals surface area (Å²) >= 11 is 6.46. The molecule has 1 aromatic heterocycles. The molecule has 3 aromatic rings. The molecule has 1 aliphatic heterocycles. The lowest BCUT2D eigenvalue weighted by Gasteiger charge is -2.24. The molecule has 2 heterocycles. The Bertz CT molecular complexity index is 948. The molecule has 0 aliphatic carbocycles. The average molecular weight is 383 g/mol. The van der Waals surface area contributed by atoms with E-state index in [9.17, 15) is 5.11 Å². The van der Waals surface area contributed by atoms with E-state index < -0.39 is 0 Å². The Morgan fingerprint density at radius 2 is 1.85 bits per heavy atom. The van der Waals surface area contributed by atoms with Gasteiger partial charge in [-0.1, -0.05) is 35.9 Å². The van der Waals surface area contributed by atoms with Crippen molar-refractivity contribution >= 4 is 11.6 Å². The van der Waals surface area contributed by atoms with Gasteiger partial charge in [0.25, 0.3) is 0 Å². The minimum absolute atomic E-state index is 0.157. The zero-order valence-corrected chi connectivity index (χ0v) is 15.3. The monoisotopic (exact) mass is 382 g/mol. The third-order valence-electron chi connectivity index (χ3n) is 4.46. The Morgan fingerprint density at radius 1 is 1.04 bits per heavy atom. The molecule has 0 bridgehead atoms. The lowest BCUT2D eigenvalue weighted by atomic mass is 9.97. The van der Waals surface area contributed by atoms with E-state index in [0.29, 0.717) is 30.5 Å². The van der Waals surface area contributed by atoms with Crippen LogP contribution in [0.2, 0.25) is 5.02 Å². The van der Waals surface area contributed by atoms with E-state index in [2.05, 4.69) is 10.3 Å². The van der Waals surface area contributed by atoms with Gasteiger partial charge >= 0.3 is 0 Å². The van der Waals surface area contributed by atoms with Crippen LogP contribution in [0.4, 0.5) is 0 Å². The summed E-state index contributed by atoms with van der Waals surface area (Å²) in [6.07, 6.45) is 1.66. The minimum atomic E-state index is -0.198. The van der Waals surface area contributed by atoms with Gasteiger partial charge in [-0.05, 0) is 41.5 Å². The molecule has 2 N–H and O–H groups in total. The van der Waals surface area contributed by atoms with E-state index in [-0.39, 0.29) is 11.8 Å². The summed E-state index contributed by atoms with van der Waals surface area (Å²) in [4.78, 5) is 4.24. The highest BCUT2D eigenvalue weighted by Gasteiger charge is 2.20. The summed E-state index contributed by atoms with van der Waals surface area (Å²) in [6, 6.07) is 16.7. The number of nitrogens with zero attached hydrogens (tertiary/aromatic N) is 1. The number of aromatic nitrogens is 1. The Morgan fingerprint density at radius 3 is 2.67 bits per heavy atom. The molecule has 0 amide bonds. The number of halogens is 1. The fourth-order valence-electron chi connectivity index (χ4n) is 3.12. The van der Waals surface area contributed by atoms with Crippen LogP contribution in [-0.4, -0.2) is 23.3 Å². The van der Waals surface area contributed by atoms with Crippen LogP contribution in [0, 0.1) is 0 Å². The van der Waals surface area contributed by atoms with E-state index in [0.717, 1.165) is 22.6 Å². The van der Waals surface area contributed by atoms with Crippen molar-refractivity contribution in [3.05, 3.63) is 82.6 Å². The molecular weight excluding hydrogens is 364 g/mol. The molecule has 1 aliphatic rings. The Kier molecular flexibility index (Phi) is 5.14. The largest absolute Gasteiger partial charge is 0.506 e. The molecule has 2 aromatic carbocycles. The van der Waals surface area contributed by atoms with Gasteiger partial charge in [-0.15, -0.1) is 0 Å². The van der Waals surface area contributed by atoms with Crippen molar-refractivity contribution in [2.24, 2.45) is 0 Å². The maximum absolute atomic E-state index is 10.0. The number of rotatable bonds is 5. The van der Waals surface area contributed by atoms with E-state index in [1.807, 2.05) is 42.5 Å². The standard InChI is InChI=1S/C21H19ClN2O3/c22-16-5-2-1-4-15(16)21(24-13-17-18(25)6-3-9-23-17)14-7-8-19-20(12-14)27-11-10-26-19/h1-9,12,21,24-25H,10-11,13H2. The summed E-state index contributed by atoms with van der Waals surface area (Å²) < 4.78 is 11.3. The first-order valence-corrected chi connectivity index (χ1v) is 9.10. The zero-order chi connectivity index (χ0) is 18.6. The van der Waals surface area contributed by atoms with Crippen molar-refractivity contribution in [3.63, 3.8) is 0 Å². The van der Waals surface area contributed by atoms with Crippen LogP contribution in [-0.2, 0) is 6.54 Å². The topological polar surface area (TPSA) is 63.6 Å². The van der Waals surface area contributed by atoms with Crippen LogP contribution in [0.5, 0.6) is 17.2 Å². The lowest BCUT2D eigenvalue weighted by molar-refractivity contribution is 0.171. The van der Waals surface area contributed by atoms with Crippen LogP contribution in [0.1, 0.15) is 22.9 Å². The molecule has 0 fully saturated rings. The number of nitrogens with one attached hydrogen (secondary N) is 1. The Labute approximate surface area is 162 Å². The van der Waals surface area contributed by atoms with Crippen molar-refractivity contribution in [1.29, 1.82) is 0 Å². The average Bonchev–Trinajstić information content (AvgIpc) is 2.70. The molecule has 0 radical (unpaired) electrons. The first kappa shape index (κ1) is 17.6. The van der Waals surface area contributed by atoms with Gasteiger partial charge in [0.1, 0.15) is 19.0 Å². The van der Waals surface area contributed by atoms with Crippen LogP contribution < -0.4 is 14.8 Å². The minimum Gasteiger partial charge on any atom is -0.506 e. The second kappa shape index (κ2) is 7.86. The number of hydrogen-bond donors (Lipinski definition) is 2. The fourth-order valence-corrected chi connectivity index (χ4v) is 3.37. The number of benzene rings is 2. The molecule has 1 atom stereocenters. The summed E-state index contributed by atoms with van der Waals surface area (Å²) in [5.74, 6) is 1.62. The third kappa shape index (κ3) is 3.84. The molecule has 0 saturated carbocycles. The highest BCUT2D eigenvalue weighted by atomic mass is 35.5. The summed E-state index contributed by atoms with van der Waals surface area (Å²) in [5, 5.41) is 14.1. The highest BCUT2D eigenvalue weighted by Crippen LogP contribution is 2.36. The van der Waals surface area contributed by atoms with Crippen LogP contribution >= 0.6 is 11.6 Å². The van der Waals surface area contributed by atoms with E-state index >= 15 is 0 Å². The van der Waals surface area contributed by atoms with Crippen molar-refractivity contribution in [2.75, 3.05) is 13.2 Å². The molecule has 0 spiro atoms. The predicted molar refractivity (Wildman–Crippen MR) is 103 cm³/mol. The smallest absolute Gasteiger partial charge is 0.161 e. The zero-order valence-electron chi connectivity index (χ0n) is 14.6. The molecule has 1 unspecified atom stereocenters. The first-order chi connectivity index (χ1) is 13.2. The predicted octanol–water partition coefficient (Wildman–Crippen LogP) is 4.09. The molecular formula is C21H19ClN2O3. The molecule has 0 saturated heterocycles. The molecule has 138 valence electrons. The van der Waals surface area contributed by atoms with Gasteiger partial charge < -0.3 is 19.9 Å². The van der Waals surface area contributed by atoms with E-state index in [1.165, 1.54) is 0 Å². The SMILES string of the molecule is Oc1cccnc1CNC(c1ccc2c(c1)OCCO2)c1ccccc1Cl. The number of ether oxygens (including phenoxy) is 2. The van der Waals surface area contributed by atoms with E-state index in [1.54, 1.807) is 18.3 Å². The maximum atomic E-state index is 10.0. The van der Waals surface area contributed by atoms with Crippen LogP contribution in [0.15, 0.2) is 60.8 Å². The quantitative estimate of drug-likeness (QED) is 0.695. The van der Waals surface area contributed by atoms with Gasteiger partial charge in [-0.3, -0.25) is 4.98 Å². The summed E-state index contributed by atoms with van der Waals surface area (Å²) in [7, 11) is 0. The molecule has 4 rings (SSSR count). The van der Waals surface area contributed by atoms with Crippen LogP contribution in [0.3, 0.4) is 0 Å². The maximum Gasteiger partial charge on any atom is 0.161 e. The van der Waals surface area contributed by atoms with Gasteiger partial charge in [0.2, 0.25) is 0 Å². The second-order valence-corrected chi connectivity index (χ2v) is 6.61. The Balaban J connectivity index is 1.68. The number of aromatic hydroxyl groups is 1. The van der Waals surface area contributed by atoms with Gasteiger partial charge in [0.05, 0.1) is 11.7 Å². The van der Waals surface area contributed by atoms with E-state index in [4.69, 9.17) is 21.1 Å². The molecule has 6 heteroatoms. The summed E-state index contributed by atoms with van der Waals surface area (Å²) in [5.41, 5.74) is 2.50. The van der Waals surface area contributed by atoms with Gasteiger partial charge in [0.15, 0.2) is 11.5 Å². The number of pyridine rings is 1. The first-order valence-electron chi connectivity index (χ1n) is 8.72. The molecule has 5 nitrogen and oxygen atoms in total. The lowest BCUT2D eigenvalue weighted by Crippen LogP contribution is -2.23. The van der Waals surface area contributed by atoms with Crippen molar-refractivity contribution < 1.29 is 14.6 Å². The Hall–Kier alpha value is -2.76. The van der Waals surface area contributed by atoms with Crippen LogP contribution in [0.25, 0.3) is 0 Å². The number of fused-ring (bicyclic) bond motifs is 1. The van der Waals surface area contributed by atoms with Gasteiger partial charge in [-0.2, -0.15) is 0 Å². The van der Waals surface area contributed by atoms with Gasteiger partial charge in [0, 0.05) is 17.8 Å².